The Morgan fingerprint density at radius 3 is 2.31 bits per heavy atom. The van der Waals surface area contributed by atoms with Gasteiger partial charge in [-0.15, -0.1) is 11.3 Å². The summed E-state index contributed by atoms with van der Waals surface area (Å²) >= 11 is 1.56. The van der Waals surface area contributed by atoms with Gasteiger partial charge in [0.1, 0.15) is 0 Å². The van der Waals surface area contributed by atoms with Gasteiger partial charge in [0.15, 0.2) is 0 Å². The summed E-state index contributed by atoms with van der Waals surface area (Å²) in [5.74, 6) is -0.0501. The van der Waals surface area contributed by atoms with Crippen molar-refractivity contribution in [2.24, 2.45) is 0 Å². The van der Waals surface area contributed by atoms with E-state index in [4.69, 9.17) is 0 Å². The van der Waals surface area contributed by atoms with Crippen molar-refractivity contribution >= 4 is 38.7 Å². The molecule has 0 saturated carbocycles. The molecule has 0 unspecified atom stereocenters. The van der Waals surface area contributed by atoms with Crippen molar-refractivity contribution in [2.75, 3.05) is 24.3 Å². The molecule has 1 aromatic heterocycles. The molecule has 3 aromatic carbocycles. The molecule has 0 bridgehead atoms. The van der Waals surface area contributed by atoms with Crippen LogP contribution in [0.4, 0.5) is 11.4 Å². The second-order valence-corrected chi connectivity index (χ2v) is 8.52. The number of carbonyl (C=O) groups excluding carboxylic acids is 1. The van der Waals surface area contributed by atoms with Crippen LogP contribution in [0.1, 0.15) is 26.4 Å². The lowest BCUT2D eigenvalue weighted by atomic mass is 10.0. The molecule has 146 valence electrons. The minimum absolute atomic E-state index is 0.0501. The predicted octanol–water partition coefficient (Wildman–Crippen LogP) is 6.12. The normalized spacial score (nSPS) is 10.9. The minimum Gasteiger partial charge on any atom is -0.378 e. The Labute approximate surface area is 175 Å². The van der Waals surface area contributed by atoms with E-state index in [0.29, 0.717) is 0 Å². The fourth-order valence-corrected chi connectivity index (χ4v) is 4.52. The first-order chi connectivity index (χ1) is 14.0. The highest BCUT2D eigenvalue weighted by Gasteiger charge is 2.19. The van der Waals surface area contributed by atoms with E-state index in [0.717, 1.165) is 38.3 Å². The molecule has 4 rings (SSSR count). The number of hydrogen-bond donors (Lipinski definition) is 1. The van der Waals surface area contributed by atoms with Gasteiger partial charge in [0.25, 0.3) is 5.91 Å². The molecule has 0 fully saturated rings. The molecule has 0 aliphatic rings. The molecule has 29 heavy (non-hydrogen) atoms. The average molecular weight is 401 g/mol. The van der Waals surface area contributed by atoms with E-state index < -0.39 is 0 Å². The molecule has 1 heterocycles. The first-order valence-electron chi connectivity index (χ1n) is 9.66. The molecule has 4 aromatic rings. The Hall–Kier alpha value is -3.11. The second-order valence-electron chi connectivity index (χ2n) is 7.46. The smallest absolute Gasteiger partial charge is 0.266 e. The monoisotopic (exact) mass is 400 g/mol. The van der Waals surface area contributed by atoms with Crippen LogP contribution < -0.4 is 10.2 Å². The maximum Gasteiger partial charge on any atom is 0.266 e. The van der Waals surface area contributed by atoms with Crippen molar-refractivity contribution in [1.29, 1.82) is 0 Å². The predicted molar refractivity (Wildman–Crippen MR) is 125 cm³/mol. The number of benzene rings is 3. The highest BCUT2D eigenvalue weighted by molar-refractivity contribution is 7.21. The molecular formula is C25H24N2OS. The Kier molecular flexibility index (Phi) is 5.36. The molecule has 0 aliphatic carbocycles. The van der Waals surface area contributed by atoms with Crippen LogP contribution in [0.5, 0.6) is 0 Å². The van der Waals surface area contributed by atoms with Crippen molar-refractivity contribution in [2.45, 2.75) is 13.3 Å². The van der Waals surface area contributed by atoms with Crippen molar-refractivity contribution in [3.05, 3.63) is 94.4 Å². The van der Waals surface area contributed by atoms with E-state index in [-0.39, 0.29) is 5.91 Å². The molecule has 0 radical (unpaired) electrons. The number of carbonyl (C=O) groups is 1. The molecule has 0 atom stereocenters. The van der Waals surface area contributed by atoms with E-state index in [9.17, 15) is 4.79 Å². The van der Waals surface area contributed by atoms with E-state index in [1.165, 1.54) is 11.1 Å². The Morgan fingerprint density at radius 2 is 1.62 bits per heavy atom. The van der Waals surface area contributed by atoms with E-state index in [1.807, 2.05) is 55.4 Å². The molecular weight excluding hydrogens is 376 g/mol. The van der Waals surface area contributed by atoms with Crippen LogP contribution >= 0.6 is 11.3 Å². The number of rotatable bonds is 5. The summed E-state index contributed by atoms with van der Waals surface area (Å²) in [5.41, 5.74) is 5.45. The van der Waals surface area contributed by atoms with Crippen LogP contribution in [0, 0.1) is 6.92 Å². The van der Waals surface area contributed by atoms with Crippen molar-refractivity contribution in [3.8, 4) is 0 Å². The lowest BCUT2D eigenvalue weighted by Gasteiger charge is -2.13. The van der Waals surface area contributed by atoms with Gasteiger partial charge in [-0.25, -0.2) is 0 Å². The highest BCUT2D eigenvalue weighted by atomic mass is 32.1. The molecule has 0 saturated heterocycles. The van der Waals surface area contributed by atoms with Crippen LogP contribution in [0.3, 0.4) is 0 Å². The van der Waals surface area contributed by atoms with E-state index in [2.05, 4.69) is 48.6 Å². The summed E-state index contributed by atoms with van der Waals surface area (Å²) in [6.45, 7) is 2.09. The molecule has 3 nitrogen and oxygen atoms in total. The van der Waals surface area contributed by atoms with Gasteiger partial charge < -0.3 is 10.2 Å². The van der Waals surface area contributed by atoms with Gasteiger partial charge in [-0.3, -0.25) is 4.79 Å². The lowest BCUT2D eigenvalue weighted by Crippen LogP contribution is -2.13. The summed E-state index contributed by atoms with van der Waals surface area (Å²) in [6, 6.07) is 24.7. The van der Waals surface area contributed by atoms with Crippen LogP contribution in [0.2, 0.25) is 0 Å². The van der Waals surface area contributed by atoms with Gasteiger partial charge in [-0.1, -0.05) is 48.0 Å². The number of hydrogen-bond acceptors (Lipinski definition) is 3. The Balaban J connectivity index is 1.66. The first kappa shape index (κ1) is 19.2. The van der Waals surface area contributed by atoms with Gasteiger partial charge >= 0.3 is 0 Å². The number of aryl methyl sites for hydroxylation is 1. The zero-order valence-electron chi connectivity index (χ0n) is 16.9. The van der Waals surface area contributed by atoms with Crippen molar-refractivity contribution in [3.63, 3.8) is 0 Å². The number of anilines is 2. The number of nitrogens with zero attached hydrogens (tertiary/aromatic N) is 1. The summed E-state index contributed by atoms with van der Waals surface area (Å²) in [4.78, 5) is 16.0. The average Bonchev–Trinajstić information content (AvgIpc) is 3.09. The number of nitrogens with one attached hydrogen (secondary N) is 1. The SMILES string of the molecule is Cc1ccc(Cc2c(C(=O)Nc3ccc(N(C)C)cc3)sc3ccccc23)cc1. The Bertz CT molecular complexity index is 1140. The molecule has 0 aliphatic heterocycles. The maximum atomic E-state index is 13.2. The standard InChI is InChI=1S/C25H24N2OS/c1-17-8-10-18(11-9-17)16-22-21-6-4-5-7-23(21)29-24(22)25(28)26-19-12-14-20(15-13-19)27(2)3/h4-15H,16H2,1-3H3,(H,26,28). The molecule has 4 heteroatoms. The second kappa shape index (κ2) is 8.10. The van der Waals surface area contributed by atoms with E-state index >= 15 is 0 Å². The fourth-order valence-electron chi connectivity index (χ4n) is 3.40. The quantitative estimate of drug-likeness (QED) is 0.438. The van der Waals surface area contributed by atoms with Crippen LogP contribution in [0.15, 0.2) is 72.8 Å². The minimum atomic E-state index is -0.0501. The summed E-state index contributed by atoms with van der Waals surface area (Å²) in [7, 11) is 4.00. The third-order valence-corrected chi connectivity index (χ3v) is 6.26. The lowest BCUT2D eigenvalue weighted by molar-refractivity contribution is 0.103. The molecule has 1 amide bonds. The van der Waals surface area contributed by atoms with Crippen LogP contribution in [-0.4, -0.2) is 20.0 Å². The first-order valence-corrected chi connectivity index (χ1v) is 10.5. The summed E-state index contributed by atoms with van der Waals surface area (Å²) < 4.78 is 1.14. The third kappa shape index (κ3) is 4.17. The topological polar surface area (TPSA) is 32.3 Å². The number of fused-ring (bicyclic) bond motifs is 1. The number of amides is 1. The van der Waals surface area contributed by atoms with Crippen LogP contribution in [0.25, 0.3) is 10.1 Å². The van der Waals surface area contributed by atoms with Gasteiger partial charge in [0.05, 0.1) is 4.88 Å². The van der Waals surface area contributed by atoms with E-state index in [1.54, 1.807) is 11.3 Å². The zero-order chi connectivity index (χ0) is 20.4. The molecule has 1 N–H and O–H groups in total. The Morgan fingerprint density at radius 1 is 0.931 bits per heavy atom. The molecule has 0 spiro atoms. The zero-order valence-corrected chi connectivity index (χ0v) is 17.7. The third-order valence-electron chi connectivity index (χ3n) is 5.05. The highest BCUT2D eigenvalue weighted by Crippen LogP contribution is 2.33. The van der Waals surface area contributed by atoms with Gasteiger partial charge in [-0.2, -0.15) is 0 Å². The van der Waals surface area contributed by atoms with Crippen LogP contribution in [-0.2, 0) is 6.42 Å². The van der Waals surface area contributed by atoms with Gasteiger partial charge in [0.2, 0.25) is 0 Å². The van der Waals surface area contributed by atoms with Crippen molar-refractivity contribution in [1.82, 2.24) is 0 Å². The maximum absolute atomic E-state index is 13.2. The fraction of sp³-hybridized carbons (Fsp3) is 0.160. The summed E-state index contributed by atoms with van der Waals surface area (Å²) in [5, 5.41) is 4.23. The summed E-state index contributed by atoms with van der Waals surface area (Å²) in [6.07, 6.45) is 0.743. The van der Waals surface area contributed by atoms with Gasteiger partial charge in [0, 0.05) is 30.2 Å². The largest absolute Gasteiger partial charge is 0.378 e. The van der Waals surface area contributed by atoms with Gasteiger partial charge in [-0.05, 0) is 60.2 Å². The van der Waals surface area contributed by atoms with Crippen molar-refractivity contribution < 1.29 is 4.79 Å². The number of thiophene rings is 1.